The summed E-state index contributed by atoms with van der Waals surface area (Å²) in [5, 5.41) is 6.64. The van der Waals surface area contributed by atoms with E-state index in [9.17, 15) is 14.4 Å². The van der Waals surface area contributed by atoms with Gasteiger partial charge in [0.05, 0.1) is 0 Å². The van der Waals surface area contributed by atoms with Gasteiger partial charge in [-0.2, -0.15) is 5.10 Å². The Labute approximate surface area is 110 Å². The van der Waals surface area contributed by atoms with Crippen LogP contribution in [0, 0.1) is 0 Å². The van der Waals surface area contributed by atoms with E-state index in [1.54, 1.807) is 13.8 Å². The predicted octanol–water partition coefficient (Wildman–Crippen LogP) is -0.869. The molecule has 0 spiro atoms. The maximum absolute atomic E-state index is 12.4. The standard InChI is InChI=1S/C12H16N4O3/c1-12(2)11(19)13-6-7-16(12)10(18)8-4-5-9(17)15(3)14-8/h4-5H,6-7H2,1-3H3,(H,13,19). The van der Waals surface area contributed by atoms with Crippen LogP contribution in [0.4, 0.5) is 0 Å². The molecule has 0 aromatic carbocycles. The third-order valence-corrected chi connectivity index (χ3v) is 3.28. The summed E-state index contributed by atoms with van der Waals surface area (Å²) in [6.07, 6.45) is 0. The lowest BCUT2D eigenvalue weighted by Gasteiger charge is -2.40. The average molecular weight is 264 g/mol. The first-order valence-corrected chi connectivity index (χ1v) is 5.98. The van der Waals surface area contributed by atoms with E-state index in [0.717, 1.165) is 4.68 Å². The molecule has 2 amide bonds. The summed E-state index contributed by atoms with van der Waals surface area (Å²) in [5.41, 5.74) is -1.05. The number of rotatable bonds is 1. The van der Waals surface area contributed by atoms with Crippen LogP contribution < -0.4 is 10.9 Å². The van der Waals surface area contributed by atoms with Gasteiger partial charge in [0.15, 0.2) is 0 Å². The van der Waals surface area contributed by atoms with Gasteiger partial charge in [-0.05, 0) is 19.9 Å². The Balaban J connectivity index is 2.35. The van der Waals surface area contributed by atoms with Gasteiger partial charge in [0.25, 0.3) is 11.5 Å². The third-order valence-electron chi connectivity index (χ3n) is 3.28. The van der Waals surface area contributed by atoms with Crippen LogP contribution in [0.3, 0.4) is 0 Å². The van der Waals surface area contributed by atoms with Crippen molar-refractivity contribution in [2.45, 2.75) is 19.4 Å². The van der Waals surface area contributed by atoms with Crippen molar-refractivity contribution in [3.05, 3.63) is 28.2 Å². The van der Waals surface area contributed by atoms with Gasteiger partial charge in [-0.1, -0.05) is 0 Å². The lowest BCUT2D eigenvalue weighted by molar-refractivity contribution is -0.133. The summed E-state index contributed by atoms with van der Waals surface area (Å²) in [6.45, 7) is 4.20. The van der Waals surface area contributed by atoms with Crippen LogP contribution in [-0.4, -0.2) is 45.1 Å². The third kappa shape index (κ3) is 2.23. The predicted molar refractivity (Wildman–Crippen MR) is 67.6 cm³/mol. The highest BCUT2D eigenvalue weighted by atomic mass is 16.2. The van der Waals surface area contributed by atoms with Crippen LogP contribution in [0.2, 0.25) is 0 Å². The van der Waals surface area contributed by atoms with Crippen LogP contribution in [-0.2, 0) is 11.8 Å². The van der Waals surface area contributed by atoms with Gasteiger partial charge < -0.3 is 10.2 Å². The molecule has 1 aliphatic rings. The quantitative estimate of drug-likeness (QED) is 0.714. The van der Waals surface area contributed by atoms with E-state index in [4.69, 9.17) is 0 Å². The highest BCUT2D eigenvalue weighted by Crippen LogP contribution is 2.19. The zero-order valence-corrected chi connectivity index (χ0v) is 11.1. The van der Waals surface area contributed by atoms with E-state index >= 15 is 0 Å². The molecule has 0 saturated carbocycles. The number of aromatic nitrogens is 2. The molecule has 1 fully saturated rings. The molecule has 2 heterocycles. The van der Waals surface area contributed by atoms with Gasteiger partial charge in [0.2, 0.25) is 5.91 Å². The molecule has 0 radical (unpaired) electrons. The van der Waals surface area contributed by atoms with Crippen molar-refractivity contribution < 1.29 is 9.59 Å². The summed E-state index contributed by atoms with van der Waals surface area (Å²) >= 11 is 0. The van der Waals surface area contributed by atoms with Gasteiger partial charge in [-0.25, -0.2) is 4.68 Å². The van der Waals surface area contributed by atoms with Gasteiger partial charge >= 0.3 is 0 Å². The summed E-state index contributed by atoms with van der Waals surface area (Å²) < 4.78 is 1.10. The lowest BCUT2D eigenvalue weighted by Crippen LogP contribution is -2.63. The van der Waals surface area contributed by atoms with Crippen molar-refractivity contribution in [2.24, 2.45) is 7.05 Å². The zero-order valence-electron chi connectivity index (χ0n) is 11.1. The molecule has 1 aromatic rings. The van der Waals surface area contributed by atoms with Crippen molar-refractivity contribution >= 4 is 11.8 Å². The number of piperazine rings is 1. The van der Waals surface area contributed by atoms with Gasteiger partial charge in [-0.3, -0.25) is 14.4 Å². The van der Waals surface area contributed by atoms with Crippen molar-refractivity contribution in [1.82, 2.24) is 20.0 Å². The molecule has 1 N–H and O–H groups in total. The molecule has 1 aliphatic heterocycles. The summed E-state index contributed by atoms with van der Waals surface area (Å²) in [5.74, 6) is -0.549. The second-order valence-corrected chi connectivity index (χ2v) is 4.95. The maximum atomic E-state index is 12.4. The summed E-state index contributed by atoms with van der Waals surface area (Å²) in [6, 6.07) is 2.67. The second kappa shape index (κ2) is 4.49. The number of hydrogen-bond acceptors (Lipinski definition) is 4. The first kappa shape index (κ1) is 13.3. The largest absolute Gasteiger partial charge is 0.352 e. The normalized spacial score (nSPS) is 18.1. The van der Waals surface area contributed by atoms with Crippen LogP contribution >= 0.6 is 0 Å². The zero-order chi connectivity index (χ0) is 14.2. The molecular weight excluding hydrogens is 248 g/mol. The van der Waals surface area contributed by atoms with Crippen molar-refractivity contribution in [2.75, 3.05) is 13.1 Å². The SMILES string of the molecule is Cn1nc(C(=O)N2CCNC(=O)C2(C)C)ccc1=O. The molecule has 7 nitrogen and oxygen atoms in total. The fraction of sp³-hybridized carbons (Fsp3) is 0.500. The van der Waals surface area contributed by atoms with Crippen molar-refractivity contribution in [1.29, 1.82) is 0 Å². The second-order valence-electron chi connectivity index (χ2n) is 4.95. The Morgan fingerprint density at radius 1 is 1.37 bits per heavy atom. The van der Waals surface area contributed by atoms with Crippen LogP contribution in [0.15, 0.2) is 16.9 Å². The fourth-order valence-electron chi connectivity index (χ4n) is 2.01. The fourth-order valence-corrected chi connectivity index (χ4v) is 2.01. The highest BCUT2D eigenvalue weighted by Gasteiger charge is 2.41. The smallest absolute Gasteiger partial charge is 0.275 e. The van der Waals surface area contributed by atoms with Gasteiger partial charge in [-0.15, -0.1) is 0 Å². The number of nitrogens with zero attached hydrogens (tertiary/aromatic N) is 3. The maximum Gasteiger partial charge on any atom is 0.275 e. The lowest BCUT2D eigenvalue weighted by atomic mass is 9.98. The molecule has 0 bridgehead atoms. The number of aryl methyl sites for hydroxylation is 1. The number of carbonyl (C=O) groups excluding carboxylic acids is 2. The molecule has 1 saturated heterocycles. The van der Waals surface area contributed by atoms with Crippen molar-refractivity contribution in [3.8, 4) is 0 Å². The minimum absolute atomic E-state index is 0.157. The Bertz CT molecular complexity index is 591. The van der Waals surface area contributed by atoms with Crippen molar-refractivity contribution in [3.63, 3.8) is 0 Å². The van der Waals surface area contributed by atoms with Gasteiger partial charge in [0.1, 0.15) is 11.2 Å². The van der Waals surface area contributed by atoms with Gasteiger partial charge in [0, 0.05) is 26.2 Å². The summed E-state index contributed by atoms with van der Waals surface area (Å²) in [7, 11) is 1.48. The Hall–Kier alpha value is -2.18. The molecule has 0 atom stereocenters. The summed E-state index contributed by atoms with van der Waals surface area (Å²) in [4.78, 5) is 36.9. The van der Waals surface area contributed by atoms with E-state index in [0.29, 0.717) is 13.1 Å². The average Bonchev–Trinajstić information content (AvgIpc) is 2.35. The van der Waals surface area contributed by atoms with Crippen LogP contribution in [0.25, 0.3) is 0 Å². The van der Waals surface area contributed by atoms with E-state index in [2.05, 4.69) is 10.4 Å². The molecular formula is C12H16N4O3. The molecule has 102 valence electrons. The Kier molecular flexibility index (Phi) is 3.13. The van der Waals surface area contributed by atoms with E-state index in [-0.39, 0.29) is 23.1 Å². The molecule has 0 unspecified atom stereocenters. The van der Waals surface area contributed by atoms with Crippen LogP contribution in [0.1, 0.15) is 24.3 Å². The minimum atomic E-state index is -0.925. The number of nitrogens with one attached hydrogen (secondary N) is 1. The topological polar surface area (TPSA) is 84.3 Å². The molecule has 0 aliphatic carbocycles. The molecule has 7 heteroatoms. The first-order valence-electron chi connectivity index (χ1n) is 5.98. The molecule has 2 rings (SSSR count). The highest BCUT2D eigenvalue weighted by molar-refractivity contribution is 5.98. The van der Waals surface area contributed by atoms with E-state index in [1.165, 1.54) is 24.1 Å². The minimum Gasteiger partial charge on any atom is -0.352 e. The number of amides is 2. The number of carbonyl (C=O) groups is 2. The van der Waals surface area contributed by atoms with E-state index < -0.39 is 5.54 Å². The van der Waals surface area contributed by atoms with Crippen LogP contribution in [0.5, 0.6) is 0 Å². The first-order chi connectivity index (χ1) is 8.84. The Morgan fingerprint density at radius 2 is 2.05 bits per heavy atom. The molecule has 1 aromatic heterocycles. The monoisotopic (exact) mass is 264 g/mol. The number of hydrogen-bond donors (Lipinski definition) is 1. The molecule has 19 heavy (non-hydrogen) atoms. The Morgan fingerprint density at radius 3 is 2.68 bits per heavy atom. The van der Waals surface area contributed by atoms with E-state index in [1.807, 2.05) is 0 Å².